The summed E-state index contributed by atoms with van der Waals surface area (Å²) in [6.07, 6.45) is 5.28. The minimum atomic E-state index is -1.20. The minimum Gasteiger partial charge on any atom is -0.457 e. The molecule has 1 unspecified atom stereocenters. The molecule has 6 aliphatic rings. The molecule has 4 fully saturated rings. The van der Waals surface area contributed by atoms with Crippen LogP contribution in [-0.4, -0.2) is 82.9 Å². The molecule has 0 amide bonds. The van der Waals surface area contributed by atoms with E-state index in [1.807, 2.05) is 6.92 Å². The number of ether oxygens (including phenoxy) is 3. The van der Waals surface area contributed by atoms with Gasteiger partial charge < -0.3 is 24.4 Å². The maximum absolute atomic E-state index is 13.5. The van der Waals surface area contributed by atoms with Crippen molar-refractivity contribution in [1.29, 1.82) is 0 Å². The summed E-state index contributed by atoms with van der Waals surface area (Å²) in [5.41, 5.74) is -0.341. The van der Waals surface area contributed by atoms with Crippen molar-refractivity contribution in [2.75, 3.05) is 20.2 Å². The number of aliphatic hydroxyl groups excluding tert-OH is 2. The van der Waals surface area contributed by atoms with Gasteiger partial charge in [-0.1, -0.05) is 32.9 Å². The molecule has 3 aliphatic heterocycles. The van der Waals surface area contributed by atoms with Gasteiger partial charge in [0.25, 0.3) is 0 Å². The first kappa shape index (κ1) is 24.1. The third-order valence-corrected chi connectivity index (χ3v) is 10.9. The largest absolute Gasteiger partial charge is 0.457 e. The Morgan fingerprint density at radius 1 is 1.26 bits per heavy atom. The van der Waals surface area contributed by atoms with Gasteiger partial charge in [-0.2, -0.15) is 0 Å². The second-order valence-corrected chi connectivity index (χ2v) is 12.4. The Balaban J connectivity index is 1.55. The summed E-state index contributed by atoms with van der Waals surface area (Å²) in [6.45, 7) is 12.3. The molecule has 35 heavy (non-hydrogen) atoms. The van der Waals surface area contributed by atoms with Crippen LogP contribution in [0.3, 0.4) is 0 Å². The summed E-state index contributed by atoms with van der Waals surface area (Å²) in [7, 11) is 1.58. The zero-order valence-electron chi connectivity index (χ0n) is 21.9. The van der Waals surface area contributed by atoms with E-state index >= 15 is 0 Å². The van der Waals surface area contributed by atoms with Crippen LogP contribution in [0.2, 0.25) is 0 Å². The maximum atomic E-state index is 13.5. The molecule has 1 saturated carbocycles. The van der Waals surface area contributed by atoms with Gasteiger partial charge in [0.2, 0.25) is 0 Å². The van der Waals surface area contributed by atoms with E-state index in [0.717, 1.165) is 24.2 Å². The number of hydrogen-bond acceptors (Lipinski definition) is 7. The normalized spacial score (nSPS) is 53.9. The molecule has 0 radical (unpaired) electrons. The van der Waals surface area contributed by atoms with Crippen molar-refractivity contribution in [3.63, 3.8) is 0 Å². The van der Waals surface area contributed by atoms with Crippen molar-refractivity contribution in [1.82, 2.24) is 4.90 Å². The van der Waals surface area contributed by atoms with Gasteiger partial charge in [0.05, 0.1) is 18.3 Å². The molecule has 194 valence electrons. The third kappa shape index (κ3) is 2.72. The van der Waals surface area contributed by atoms with Crippen LogP contribution in [-0.2, 0) is 19.0 Å². The first-order chi connectivity index (χ1) is 16.5. The second kappa shape index (κ2) is 7.64. The van der Waals surface area contributed by atoms with Crippen molar-refractivity contribution < 1.29 is 29.2 Å². The van der Waals surface area contributed by atoms with E-state index in [2.05, 4.69) is 37.8 Å². The average Bonchev–Trinajstić information content (AvgIpc) is 3.37. The van der Waals surface area contributed by atoms with Crippen LogP contribution < -0.4 is 0 Å². The average molecular weight is 488 g/mol. The summed E-state index contributed by atoms with van der Waals surface area (Å²) in [6, 6.07) is 0.155. The lowest BCUT2D eigenvalue weighted by molar-refractivity contribution is -0.198. The molecule has 2 N–H and O–H groups in total. The number of nitrogens with zero attached hydrogens (tertiary/aromatic N) is 1. The number of aliphatic hydroxyl groups is 2. The number of hydrogen-bond donors (Lipinski definition) is 2. The van der Waals surface area contributed by atoms with E-state index in [4.69, 9.17) is 14.2 Å². The van der Waals surface area contributed by atoms with E-state index in [1.54, 1.807) is 14.0 Å². The van der Waals surface area contributed by atoms with E-state index in [9.17, 15) is 15.0 Å². The highest BCUT2D eigenvalue weighted by atomic mass is 16.6. The molecule has 1 spiro atoms. The topological polar surface area (TPSA) is 88.5 Å². The van der Waals surface area contributed by atoms with E-state index in [0.29, 0.717) is 6.42 Å². The van der Waals surface area contributed by atoms with Crippen molar-refractivity contribution in [2.45, 2.75) is 95.5 Å². The zero-order chi connectivity index (χ0) is 25.1. The highest BCUT2D eigenvalue weighted by molar-refractivity contribution is 5.87. The lowest BCUT2D eigenvalue weighted by atomic mass is 9.48. The highest BCUT2D eigenvalue weighted by Crippen LogP contribution is 2.69. The first-order valence-corrected chi connectivity index (χ1v) is 13.5. The van der Waals surface area contributed by atoms with Crippen LogP contribution in [0.1, 0.15) is 53.9 Å². The van der Waals surface area contributed by atoms with Gasteiger partial charge in [-0.3, -0.25) is 4.90 Å². The van der Waals surface area contributed by atoms with Gasteiger partial charge >= 0.3 is 5.97 Å². The summed E-state index contributed by atoms with van der Waals surface area (Å²) < 4.78 is 19.1. The van der Waals surface area contributed by atoms with Gasteiger partial charge in [-0.05, 0) is 50.9 Å². The monoisotopic (exact) mass is 487 g/mol. The summed E-state index contributed by atoms with van der Waals surface area (Å²) in [4.78, 5) is 16.0. The molecule has 0 aromatic rings. The Bertz CT molecular complexity index is 986. The number of rotatable bonds is 3. The lowest BCUT2D eigenvalue weighted by Crippen LogP contribution is -2.67. The van der Waals surface area contributed by atoms with Gasteiger partial charge in [-0.15, -0.1) is 0 Å². The number of methoxy groups -OCH3 is 1. The fraction of sp³-hybridized carbons (Fsp3) is 0.821. The zero-order valence-corrected chi connectivity index (χ0v) is 21.9. The van der Waals surface area contributed by atoms with Crippen LogP contribution in [0.5, 0.6) is 0 Å². The van der Waals surface area contributed by atoms with Crippen LogP contribution >= 0.6 is 0 Å². The molecule has 0 aromatic carbocycles. The number of carbonyl (C=O) groups excluding carboxylic acids is 1. The SMILES string of the molecule is COC12C[C@H]3C=C[C@]4(C)[C@H]5[C@H](O)[C@@H](C)[C@H](N6CCCC6)[C@@H]4O[C@@]35C(C)=C1[C@@H](C)[C@@H]([C@@H](C)O)OC2=O. The standard InChI is InChI=1S/C28H41NO6/c1-14-19-16(3)28-18(13-27(19,33-6)25(32)34-22(14)17(4)30)9-10-26(5)23(28)21(31)15(2)20(24(26)35-28)29-11-7-8-12-29/h9-10,14-15,17-18,20-24,30-31H,7-8,11-13H2,1-6H3/t14-,15+,17-,18-,20+,21-,22+,23-,24+,26-,27?,28+/m1/s1. The second-order valence-electron chi connectivity index (χ2n) is 12.4. The van der Waals surface area contributed by atoms with Crippen LogP contribution in [0, 0.1) is 29.1 Å². The van der Waals surface area contributed by atoms with Gasteiger partial charge in [0.15, 0.2) is 5.60 Å². The molecule has 12 atom stereocenters. The van der Waals surface area contributed by atoms with Gasteiger partial charge in [0, 0.05) is 48.7 Å². The Kier molecular flexibility index (Phi) is 5.26. The number of cyclic esters (lactones) is 1. The smallest absolute Gasteiger partial charge is 0.343 e. The maximum Gasteiger partial charge on any atom is 0.343 e. The van der Waals surface area contributed by atoms with Crippen molar-refractivity contribution >= 4 is 5.97 Å². The molecule has 3 saturated heterocycles. The predicted molar refractivity (Wildman–Crippen MR) is 129 cm³/mol. The molecule has 7 heteroatoms. The van der Waals surface area contributed by atoms with Crippen molar-refractivity contribution in [3.05, 3.63) is 23.3 Å². The van der Waals surface area contributed by atoms with Crippen molar-refractivity contribution in [3.8, 4) is 0 Å². The third-order valence-electron chi connectivity index (χ3n) is 10.9. The quantitative estimate of drug-likeness (QED) is 0.467. The first-order valence-electron chi connectivity index (χ1n) is 13.5. The van der Waals surface area contributed by atoms with Crippen LogP contribution in [0.25, 0.3) is 0 Å². The van der Waals surface area contributed by atoms with Crippen molar-refractivity contribution in [2.24, 2.45) is 29.1 Å². The van der Waals surface area contributed by atoms with Crippen LogP contribution in [0.4, 0.5) is 0 Å². The molecular weight excluding hydrogens is 446 g/mol. The lowest BCUT2D eigenvalue weighted by Gasteiger charge is -2.58. The molecule has 0 aromatic heterocycles. The predicted octanol–water partition coefficient (Wildman–Crippen LogP) is 2.46. The number of likely N-dealkylation sites (tertiary alicyclic amines) is 1. The molecule has 7 nitrogen and oxygen atoms in total. The van der Waals surface area contributed by atoms with Gasteiger partial charge in [-0.25, -0.2) is 4.79 Å². The molecule has 3 heterocycles. The summed E-state index contributed by atoms with van der Waals surface area (Å²) in [5, 5.41) is 22.4. The highest BCUT2D eigenvalue weighted by Gasteiger charge is 2.76. The van der Waals surface area contributed by atoms with Crippen LogP contribution in [0.15, 0.2) is 23.3 Å². The number of esters is 1. The van der Waals surface area contributed by atoms with E-state index in [-0.39, 0.29) is 41.2 Å². The van der Waals surface area contributed by atoms with E-state index < -0.39 is 35.5 Å². The summed E-state index contributed by atoms with van der Waals surface area (Å²) in [5.74, 6) is -0.792. The summed E-state index contributed by atoms with van der Waals surface area (Å²) >= 11 is 0. The fourth-order valence-electron chi connectivity index (χ4n) is 9.37. The molecule has 3 aliphatic carbocycles. The Morgan fingerprint density at radius 3 is 2.57 bits per heavy atom. The number of carbonyl (C=O) groups is 1. The molecular formula is C28H41NO6. The fourth-order valence-corrected chi connectivity index (χ4v) is 9.37. The van der Waals surface area contributed by atoms with E-state index in [1.165, 1.54) is 12.8 Å². The molecule has 4 bridgehead atoms. The van der Waals surface area contributed by atoms with Gasteiger partial charge in [0.1, 0.15) is 11.7 Å². The Labute approximate surface area is 208 Å². The number of fused-ring (bicyclic) bond motifs is 1. The Morgan fingerprint density at radius 2 is 1.94 bits per heavy atom. The Hall–Kier alpha value is -1.25. The minimum absolute atomic E-state index is 0.0331. The molecule has 6 rings (SSSR count).